The average molecular weight is 367 g/mol. The maximum Gasteiger partial charge on any atom is 0.237 e. The first-order chi connectivity index (χ1) is 13.1. The highest BCUT2D eigenvalue weighted by molar-refractivity contribution is 5.81. The lowest BCUT2D eigenvalue weighted by atomic mass is 10.1. The normalized spacial score (nSPS) is 17.2. The number of anilines is 1. The molecular formula is C22H29N3O2. The second-order valence-corrected chi connectivity index (χ2v) is 7.04. The van der Waals surface area contributed by atoms with Crippen LogP contribution in [0.1, 0.15) is 25.5 Å². The molecule has 144 valence electrons. The molecule has 0 bridgehead atoms. The summed E-state index contributed by atoms with van der Waals surface area (Å²) in [6, 6.07) is 18.1. The highest BCUT2D eigenvalue weighted by Crippen LogP contribution is 2.21. The zero-order chi connectivity index (χ0) is 19.2. The van der Waals surface area contributed by atoms with Crippen LogP contribution < -0.4 is 15.0 Å². The maximum absolute atomic E-state index is 12.7. The zero-order valence-corrected chi connectivity index (χ0v) is 16.4. The Morgan fingerprint density at radius 3 is 2.19 bits per heavy atom. The third-order valence-corrected chi connectivity index (χ3v) is 5.34. The van der Waals surface area contributed by atoms with E-state index in [0.29, 0.717) is 0 Å². The van der Waals surface area contributed by atoms with Crippen LogP contribution in [0.3, 0.4) is 0 Å². The highest BCUT2D eigenvalue weighted by Gasteiger charge is 2.26. The Labute approximate surface area is 161 Å². The van der Waals surface area contributed by atoms with Gasteiger partial charge in [-0.25, -0.2) is 0 Å². The minimum atomic E-state index is -0.130. The van der Waals surface area contributed by atoms with Crippen molar-refractivity contribution in [1.29, 1.82) is 0 Å². The van der Waals surface area contributed by atoms with Crippen molar-refractivity contribution >= 4 is 11.6 Å². The molecule has 1 N–H and O–H groups in total. The molecule has 2 aromatic rings. The van der Waals surface area contributed by atoms with E-state index in [1.807, 2.05) is 56.3 Å². The number of hydrogen-bond donors (Lipinski definition) is 1. The largest absolute Gasteiger partial charge is 0.497 e. The monoisotopic (exact) mass is 367 g/mol. The van der Waals surface area contributed by atoms with E-state index in [1.165, 1.54) is 5.69 Å². The van der Waals surface area contributed by atoms with Crippen LogP contribution in [0.15, 0.2) is 54.6 Å². The lowest BCUT2D eigenvalue weighted by molar-refractivity contribution is -0.126. The van der Waals surface area contributed by atoms with Crippen molar-refractivity contribution < 1.29 is 9.53 Å². The summed E-state index contributed by atoms with van der Waals surface area (Å²) < 4.78 is 5.22. The quantitative estimate of drug-likeness (QED) is 0.852. The Morgan fingerprint density at radius 2 is 1.59 bits per heavy atom. The van der Waals surface area contributed by atoms with E-state index in [0.717, 1.165) is 37.5 Å². The first-order valence-electron chi connectivity index (χ1n) is 9.57. The molecule has 1 saturated heterocycles. The van der Waals surface area contributed by atoms with Crippen LogP contribution in [-0.4, -0.2) is 50.1 Å². The topological polar surface area (TPSA) is 44.8 Å². The molecule has 0 aliphatic carbocycles. The van der Waals surface area contributed by atoms with Gasteiger partial charge in [-0.3, -0.25) is 9.69 Å². The summed E-state index contributed by atoms with van der Waals surface area (Å²) >= 11 is 0. The molecule has 2 aromatic carbocycles. The standard InChI is InChI=1S/C22H29N3O2/c1-17(19-7-5-4-6-8-19)23-22(26)18(2)24-13-15-25(16-14-24)20-9-11-21(27-3)12-10-20/h4-12,17-18H,13-16H2,1-3H3,(H,23,26). The summed E-state index contributed by atoms with van der Waals surface area (Å²) in [6.07, 6.45) is 0. The fraction of sp³-hybridized carbons (Fsp3) is 0.409. The molecule has 2 atom stereocenters. The van der Waals surface area contributed by atoms with Crippen LogP contribution in [0.2, 0.25) is 0 Å². The molecule has 3 rings (SSSR count). The van der Waals surface area contributed by atoms with Crippen molar-refractivity contribution in [2.24, 2.45) is 0 Å². The van der Waals surface area contributed by atoms with Crippen LogP contribution in [0.5, 0.6) is 5.75 Å². The Balaban J connectivity index is 1.51. The van der Waals surface area contributed by atoms with E-state index in [4.69, 9.17) is 4.74 Å². The van der Waals surface area contributed by atoms with Gasteiger partial charge in [0.25, 0.3) is 0 Å². The Bertz CT molecular complexity index is 725. The minimum absolute atomic E-state index is 0.0155. The van der Waals surface area contributed by atoms with Crippen LogP contribution >= 0.6 is 0 Å². The molecule has 1 amide bonds. The number of carbonyl (C=O) groups is 1. The number of amides is 1. The summed E-state index contributed by atoms with van der Waals surface area (Å²) in [4.78, 5) is 17.3. The summed E-state index contributed by atoms with van der Waals surface area (Å²) in [5.41, 5.74) is 2.33. The van der Waals surface area contributed by atoms with E-state index in [1.54, 1.807) is 7.11 Å². The molecule has 0 saturated carbocycles. The summed E-state index contributed by atoms with van der Waals surface area (Å²) in [6.45, 7) is 7.61. The van der Waals surface area contributed by atoms with Gasteiger partial charge in [0, 0.05) is 31.9 Å². The number of piperazine rings is 1. The van der Waals surface area contributed by atoms with Gasteiger partial charge in [0.2, 0.25) is 5.91 Å². The fourth-order valence-corrected chi connectivity index (χ4v) is 3.49. The molecule has 27 heavy (non-hydrogen) atoms. The maximum atomic E-state index is 12.7. The highest BCUT2D eigenvalue weighted by atomic mass is 16.5. The molecule has 1 heterocycles. The second-order valence-electron chi connectivity index (χ2n) is 7.04. The molecule has 0 radical (unpaired) electrons. The van der Waals surface area contributed by atoms with Crippen molar-refractivity contribution in [3.8, 4) is 5.75 Å². The van der Waals surface area contributed by atoms with Crippen molar-refractivity contribution in [2.45, 2.75) is 25.9 Å². The van der Waals surface area contributed by atoms with Gasteiger partial charge in [0.1, 0.15) is 5.75 Å². The minimum Gasteiger partial charge on any atom is -0.497 e. The van der Waals surface area contributed by atoms with Gasteiger partial charge < -0.3 is 15.0 Å². The third-order valence-electron chi connectivity index (χ3n) is 5.34. The van der Waals surface area contributed by atoms with E-state index in [9.17, 15) is 4.79 Å². The van der Waals surface area contributed by atoms with Crippen LogP contribution in [0.4, 0.5) is 5.69 Å². The van der Waals surface area contributed by atoms with Crippen molar-refractivity contribution in [3.05, 3.63) is 60.2 Å². The first kappa shape index (κ1) is 19.2. The number of ether oxygens (including phenoxy) is 1. The lowest BCUT2D eigenvalue weighted by Crippen LogP contribution is -2.54. The average Bonchev–Trinajstić information content (AvgIpc) is 2.74. The van der Waals surface area contributed by atoms with Crippen molar-refractivity contribution in [3.63, 3.8) is 0 Å². The molecule has 1 aliphatic rings. The van der Waals surface area contributed by atoms with Gasteiger partial charge in [0.15, 0.2) is 0 Å². The van der Waals surface area contributed by atoms with Gasteiger partial charge in [-0.1, -0.05) is 30.3 Å². The second kappa shape index (κ2) is 8.91. The number of nitrogens with zero attached hydrogens (tertiary/aromatic N) is 2. The predicted molar refractivity (Wildman–Crippen MR) is 109 cm³/mol. The van der Waals surface area contributed by atoms with Crippen molar-refractivity contribution in [1.82, 2.24) is 10.2 Å². The van der Waals surface area contributed by atoms with E-state index < -0.39 is 0 Å². The molecule has 2 unspecified atom stereocenters. The van der Waals surface area contributed by atoms with Crippen LogP contribution in [-0.2, 0) is 4.79 Å². The van der Waals surface area contributed by atoms with Crippen molar-refractivity contribution in [2.75, 3.05) is 38.2 Å². The Hall–Kier alpha value is -2.53. The fourth-order valence-electron chi connectivity index (χ4n) is 3.49. The Morgan fingerprint density at radius 1 is 0.963 bits per heavy atom. The zero-order valence-electron chi connectivity index (χ0n) is 16.4. The predicted octanol–water partition coefficient (Wildman–Crippen LogP) is 3.08. The summed E-state index contributed by atoms with van der Waals surface area (Å²) in [5, 5.41) is 3.14. The van der Waals surface area contributed by atoms with Gasteiger partial charge in [-0.15, -0.1) is 0 Å². The third kappa shape index (κ3) is 4.80. The van der Waals surface area contributed by atoms with E-state index in [-0.39, 0.29) is 18.0 Å². The van der Waals surface area contributed by atoms with Gasteiger partial charge in [-0.05, 0) is 43.7 Å². The smallest absolute Gasteiger partial charge is 0.237 e. The summed E-state index contributed by atoms with van der Waals surface area (Å²) in [5.74, 6) is 0.958. The molecule has 0 spiro atoms. The first-order valence-corrected chi connectivity index (χ1v) is 9.57. The number of carbonyl (C=O) groups excluding carboxylic acids is 1. The molecule has 0 aromatic heterocycles. The van der Waals surface area contributed by atoms with Gasteiger partial charge in [-0.2, -0.15) is 0 Å². The number of hydrogen-bond acceptors (Lipinski definition) is 4. The van der Waals surface area contributed by atoms with Crippen LogP contribution in [0.25, 0.3) is 0 Å². The number of methoxy groups -OCH3 is 1. The SMILES string of the molecule is COc1ccc(N2CCN(C(C)C(=O)NC(C)c3ccccc3)CC2)cc1. The van der Waals surface area contributed by atoms with Crippen LogP contribution in [0, 0.1) is 0 Å². The van der Waals surface area contributed by atoms with Gasteiger partial charge in [0.05, 0.1) is 19.2 Å². The Kier molecular flexibility index (Phi) is 6.35. The molecule has 5 nitrogen and oxygen atoms in total. The lowest BCUT2D eigenvalue weighted by Gasteiger charge is -2.38. The number of rotatable bonds is 6. The molecule has 1 aliphatic heterocycles. The summed E-state index contributed by atoms with van der Waals surface area (Å²) in [7, 11) is 1.68. The molecule has 5 heteroatoms. The van der Waals surface area contributed by atoms with Gasteiger partial charge >= 0.3 is 0 Å². The number of nitrogens with one attached hydrogen (secondary N) is 1. The van der Waals surface area contributed by atoms with E-state index in [2.05, 4.69) is 27.2 Å². The molecular weight excluding hydrogens is 338 g/mol. The molecule has 1 fully saturated rings. The number of benzene rings is 2. The van der Waals surface area contributed by atoms with E-state index >= 15 is 0 Å².